The number of nitrogen functional groups attached to an aromatic ring is 1. The summed E-state index contributed by atoms with van der Waals surface area (Å²) in [5, 5.41) is 17.1. The van der Waals surface area contributed by atoms with E-state index in [1.54, 1.807) is 6.20 Å². The number of hydrogen-bond donors (Lipinski definition) is 2. The highest BCUT2D eigenvalue weighted by molar-refractivity contribution is 6.07. The second-order valence-electron chi connectivity index (χ2n) is 7.91. The number of hydrogen-bond acceptors (Lipinski definition) is 6. The number of nitrogens with one attached hydrogen (secondary N) is 1. The van der Waals surface area contributed by atoms with Gasteiger partial charge < -0.3 is 10.3 Å². The number of nitriles is 1. The Bertz CT molecular complexity index is 1240. The molecule has 0 unspecified atom stereocenters. The highest BCUT2D eigenvalue weighted by atomic mass is 15.2. The summed E-state index contributed by atoms with van der Waals surface area (Å²) in [5.74, 6) is 1.53. The molecule has 146 valence electrons. The van der Waals surface area contributed by atoms with E-state index in [0.717, 1.165) is 52.1 Å². The molecule has 1 aromatic carbocycles. The summed E-state index contributed by atoms with van der Waals surface area (Å²) in [6.45, 7) is 6.60. The molecule has 0 amide bonds. The van der Waals surface area contributed by atoms with Crippen LogP contribution in [0.3, 0.4) is 0 Å². The molecular weight excluding hydrogens is 364 g/mol. The summed E-state index contributed by atoms with van der Waals surface area (Å²) in [5.41, 5.74) is 10.9. The fourth-order valence-corrected chi connectivity index (χ4v) is 4.15. The van der Waals surface area contributed by atoms with Crippen molar-refractivity contribution in [2.24, 2.45) is 5.92 Å². The number of benzene rings is 1. The van der Waals surface area contributed by atoms with Crippen molar-refractivity contribution in [1.82, 2.24) is 29.6 Å². The van der Waals surface area contributed by atoms with Crippen molar-refractivity contribution in [3.63, 3.8) is 0 Å². The summed E-state index contributed by atoms with van der Waals surface area (Å²) in [6, 6.07) is 10.7. The minimum Gasteiger partial charge on any atom is -0.382 e. The van der Waals surface area contributed by atoms with E-state index in [1.807, 2.05) is 12.1 Å². The van der Waals surface area contributed by atoms with Gasteiger partial charge in [0.05, 0.1) is 35.3 Å². The van der Waals surface area contributed by atoms with Gasteiger partial charge in [0.2, 0.25) is 0 Å². The molecule has 1 fully saturated rings. The molecule has 3 aromatic heterocycles. The Morgan fingerprint density at radius 1 is 1.28 bits per heavy atom. The maximum absolute atomic E-state index is 9.04. The number of imidazole rings is 1. The lowest BCUT2D eigenvalue weighted by Crippen LogP contribution is -2.45. The number of aromatic nitrogens is 5. The molecule has 8 nitrogen and oxygen atoms in total. The van der Waals surface area contributed by atoms with Crippen LogP contribution in [-0.2, 0) is 6.54 Å². The minimum absolute atomic E-state index is 0.125. The number of anilines is 1. The van der Waals surface area contributed by atoms with E-state index in [9.17, 15) is 0 Å². The molecule has 4 heterocycles. The summed E-state index contributed by atoms with van der Waals surface area (Å²) < 4.78 is 2.26. The SMILES string of the molecule is CC(C)n1c(CN2CC(C#N)C2)nc2c(N)nc3cc(-c4ccn[nH]4)ccc3c21. The Kier molecular flexibility index (Phi) is 4.00. The summed E-state index contributed by atoms with van der Waals surface area (Å²) in [7, 11) is 0. The molecule has 4 aromatic rings. The topological polar surface area (TPSA) is 112 Å². The molecule has 0 spiro atoms. The van der Waals surface area contributed by atoms with E-state index in [-0.39, 0.29) is 12.0 Å². The van der Waals surface area contributed by atoms with Crippen molar-refractivity contribution >= 4 is 27.8 Å². The number of aromatic amines is 1. The van der Waals surface area contributed by atoms with Crippen molar-refractivity contribution < 1.29 is 0 Å². The molecule has 1 saturated heterocycles. The zero-order valence-electron chi connectivity index (χ0n) is 16.4. The molecule has 1 aliphatic rings. The standard InChI is InChI=1S/C21H22N8/c1-12(2)29-18(11-28-9-13(8-22)10-28)26-19-20(29)15-4-3-14(16-5-6-24-27-16)7-17(15)25-21(19)23/h3-7,12-13H,9-11H2,1-2H3,(H2,23,25)(H,24,27). The average molecular weight is 386 g/mol. The Labute approximate surface area is 168 Å². The van der Waals surface area contributed by atoms with Gasteiger partial charge in [0.15, 0.2) is 5.82 Å². The first-order valence-electron chi connectivity index (χ1n) is 9.77. The van der Waals surface area contributed by atoms with Crippen LogP contribution in [0.1, 0.15) is 25.7 Å². The molecule has 8 heteroatoms. The van der Waals surface area contributed by atoms with Gasteiger partial charge in [0, 0.05) is 36.3 Å². The molecule has 0 bridgehead atoms. The number of fused-ring (bicyclic) bond motifs is 3. The van der Waals surface area contributed by atoms with Gasteiger partial charge in [-0.2, -0.15) is 10.4 Å². The third-order valence-electron chi connectivity index (χ3n) is 5.55. The predicted molar refractivity (Wildman–Crippen MR) is 112 cm³/mol. The number of nitrogens with two attached hydrogens (primary N) is 1. The van der Waals surface area contributed by atoms with E-state index in [1.165, 1.54) is 0 Å². The maximum Gasteiger partial charge on any atom is 0.152 e. The van der Waals surface area contributed by atoms with Crippen LogP contribution in [0, 0.1) is 17.2 Å². The second-order valence-corrected chi connectivity index (χ2v) is 7.91. The third kappa shape index (κ3) is 2.82. The van der Waals surface area contributed by atoms with Crippen LogP contribution in [-0.4, -0.2) is 42.7 Å². The fourth-order valence-electron chi connectivity index (χ4n) is 4.15. The van der Waals surface area contributed by atoms with Crippen LogP contribution in [0.5, 0.6) is 0 Å². The van der Waals surface area contributed by atoms with Crippen molar-refractivity contribution in [3.8, 4) is 17.3 Å². The molecule has 0 radical (unpaired) electrons. The minimum atomic E-state index is 0.125. The Morgan fingerprint density at radius 3 is 2.79 bits per heavy atom. The Morgan fingerprint density at radius 2 is 2.10 bits per heavy atom. The number of nitrogens with zero attached hydrogens (tertiary/aromatic N) is 6. The number of rotatable bonds is 4. The summed E-state index contributed by atoms with van der Waals surface area (Å²) in [6.07, 6.45) is 1.73. The number of pyridine rings is 1. The monoisotopic (exact) mass is 386 g/mol. The second kappa shape index (κ2) is 6.57. The number of H-pyrrole nitrogens is 1. The van der Waals surface area contributed by atoms with Gasteiger partial charge in [0.25, 0.3) is 0 Å². The van der Waals surface area contributed by atoms with Gasteiger partial charge in [-0.05, 0) is 32.0 Å². The fraction of sp³-hybridized carbons (Fsp3) is 0.333. The van der Waals surface area contributed by atoms with Gasteiger partial charge in [0.1, 0.15) is 11.3 Å². The predicted octanol–water partition coefficient (Wildman–Crippen LogP) is 3.09. The normalized spacial score (nSPS) is 15.2. The molecule has 29 heavy (non-hydrogen) atoms. The maximum atomic E-state index is 9.04. The first-order chi connectivity index (χ1) is 14.0. The van der Waals surface area contributed by atoms with Gasteiger partial charge >= 0.3 is 0 Å². The first-order valence-corrected chi connectivity index (χ1v) is 9.77. The Balaban J connectivity index is 1.66. The van der Waals surface area contributed by atoms with Gasteiger partial charge in [-0.3, -0.25) is 10.00 Å². The van der Waals surface area contributed by atoms with Crippen molar-refractivity contribution in [3.05, 3.63) is 36.3 Å². The lowest BCUT2D eigenvalue weighted by Gasteiger charge is -2.35. The highest BCUT2D eigenvalue weighted by Crippen LogP contribution is 2.33. The molecule has 3 N–H and O–H groups in total. The van der Waals surface area contributed by atoms with E-state index in [4.69, 9.17) is 16.0 Å². The van der Waals surface area contributed by atoms with Crippen LogP contribution in [0.2, 0.25) is 0 Å². The van der Waals surface area contributed by atoms with Crippen LogP contribution in [0.15, 0.2) is 30.5 Å². The van der Waals surface area contributed by atoms with Crippen LogP contribution >= 0.6 is 0 Å². The van der Waals surface area contributed by atoms with E-state index in [2.05, 4.69) is 56.7 Å². The van der Waals surface area contributed by atoms with E-state index < -0.39 is 0 Å². The molecular formula is C21H22N8. The number of likely N-dealkylation sites (tertiary alicyclic amines) is 1. The zero-order chi connectivity index (χ0) is 20.1. The smallest absolute Gasteiger partial charge is 0.152 e. The Hall–Kier alpha value is -3.44. The first kappa shape index (κ1) is 17.6. The van der Waals surface area contributed by atoms with E-state index in [0.29, 0.717) is 12.4 Å². The van der Waals surface area contributed by atoms with Crippen LogP contribution in [0.4, 0.5) is 5.82 Å². The van der Waals surface area contributed by atoms with Gasteiger partial charge in [-0.15, -0.1) is 0 Å². The van der Waals surface area contributed by atoms with Crippen molar-refractivity contribution in [1.29, 1.82) is 5.26 Å². The third-order valence-corrected chi connectivity index (χ3v) is 5.55. The zero-order valence-corrected chi connectivity index (χ0v) is 16.4. The average Bonchev–Trinajstić information content (AvgIpc) is 3.32. The van der Waals surface area contributed by atoms with E-state index >= 15 is 0 Å². The molecule has 5 rings (SSSR count). The largest absolute Gasteiger partial charge is 0.382 e. The summed E-state index contributed by atoms with van der Waals surface area (Å²) in [4.78, 5) is 11.7. The molecule has 0 atom stereocenters. The molecule has 1 aliphatic heterocycles. The van der Waals surface area contributed by atoms with Crippen molar-refractivity contribution in [2.45, 2.75) is 26.4 Å². The lowest BCUT2D eigenvalue weighted by atomic mass is 10.0. The van der Waals surface area contributed by atoms with Gasteiger partial charge in [-0.25, -0.2) is 9.97 Å². The van der Waals surface area contributed by atoms with Crippen LogP contribution < -0.4 is 5.73 Å². The van der Waals surface area contributed by atoms with Crippen LogP contribution in [0.25, 0.3) is 33.2 Å². The van der Waals surface area contributed by atoms with Gasteiger partial charge in [-0.1, -0.05) is 6.07 Å². The molecule has 0 aliphatic carbocycles. The summed E-state index contributed by atoms with van der Waals surface area (Å²) >= 11 is 0. The quantitative estimate of drug-likeness (QED) is 0.557. The van der Waals surface area contributed by atoms with Crippen molar-refractivity contribution in [2.75, 3.05) is 18.8 Å². The highest BCUT2D eigenvalue weighted by Gasteiger charge is 2.29. The lowest BCUT2D eigenvalue weighted by molar-refractivity contribution is 0.121. The molecule has 0 saturated carbocycles.